The van der Waals surface area contributed by atoms with Crippen LogP contribution in [0.2, 0.25) is 0 Å². The summed E-state index contributed by atoms with van der Waals surface area (Å²) in [6.45, 7) is 0. The second-order valence-electron chi connectivity index (χ2n) is 1.88. The Morgan fingerprint density at radius 3 is 2.10 bits per heavy atom. The van der Waals surface area contributed by atoms with Gasteiger partial charge in [-0.1, -0.05) is 0 Å². The molecule has 1 aliphatic heterocycles. The highest BCUT2D eigenvalue weighted by Gasteiger charge is 2.19. The third kappa shape index (κ3) is 1.01. The van der Waals surface area contributed by atoms with Crippen LogP contribution < -0.4 is 10.6 Å². The molecular formula is C6H6N4. The molecule has 0 amide bonds. The van der Waals surface area contributed by atoms with Gasteiger partial charge in [0.25, 0.3) is 0 Å². The van der Waals surface area contributed by atoms with Gasteiger partial charge < -0.3 is 10.6 Å². The maximum absolute atomic E-state index is 8.41. The minimum Gasteiger partial charge on any atom is -0.368 e. The van der Waals surface area contributed by atoms with Crippen molar-refractivity contribution in [1.82, 2.24) is 10.6 Å². The van der Waals surface area contributed by atoms with Gasteiger partial charge in [-0.15, -0.1) is 0 Å². The summed E-state index contributed by atoms with van der Waals surface area (Å²) in [6, 6.07) is 3.74. The van der Waals surface area contributed by atoms with E-state index in [-0.39, 0.29) is 6.17 Å². The molecule has 0 aliphatic carbocycles. The van der Waals surface area contributed by atoms with Crippen molar-refractivity contribution in [3.8, 4) is 12.1 Å². The minimum absolute atomic E-state index is 0.241. The lowest BCUT2D eigenvalue weighted by Gasteiger charge is -2.10. The Labute approximate surface area is 58.8 Å². The van der Waals surface area contributed by atoms with E-state index < -0.39 is 5.92 Å². The standard InChI is InChI=1S/C6H6N4/c7-3-5(4-8)6-9-1-2-10-6/h1-2,5-6,9-10H. The van der Waals surface area contributed by atoms with E-state index >= 15 is 0 Å². The highest BCUT2D eigenvalue weighted by Crippen LogP contribution is 2.00. The van der Waals surface area contributed by atoms with Crippen molar-refractivity contribution < 1.29 is 0 Å². The lowest BCUT2D eigenvalue weighted by molar-refractivity contribution is 0.512. The Balaban J connectivity index is 2.51. The molecule has 50 valence electrons. The first-order chi connectivity index (χ1) is 4.88. The lowest BCUT2D eigenvalue weighted by atomic mass is 10.1. The van der Waals surface area contributed by atoms with E-state index in [9.17, 15) is 0 Å². The van der Waals surface area contributed by atoms with E-state index in [0.29, 0.717) is 0 Å². The van der Waals surface area contributed by atoms with E-state index in [1.807, 2.05) is 12.1 Å². The molecule has 2 N–H and O–H groups in total. The largest absolute Gasteiger partial charge is 0.368 e. The zero-order valence-electron chi connectivity index (χ0n) is 5.20. The molecule has 0 atom stereocenters. The molecule has 0 saturated heterocycles. The SMILES string of the molecule is N#CC(C#N)C1NC=CN1. The number of nitrogens with one attached hydrogen (secondary N) is 2. The molecule has 1 rings (SSSR count). The van der Waals surface area contributed by atoms with E-state index in [1.54, 1.807) is 12.4 Å². The van der Waals surface area contributed by atoms with E-state index in [0.717, 1.165) is 0 Å². The molecule has 0 aromatic carbocycles. The number of rotatable bonds is 1. The first kappa shape index (κ1) is 6.44. The molecule has 4 nitrogen and oxygen atoms in total. The fraction of sp³-hybridized carbons (Fsp3) is 0.333. The van der Waals surface area contributed by atoms with Gasteiger partial charge in [0.1, 0.15) is 6.17 Å². The fourth-order valence-corrected chi connectivity index (χ4v) is 0.722. The van der Waals surface area contributed by atoms with Crippen molar-refractivity contribution in [2.75, 3.05) is 0 Å². The van der Waals surface area contributed by atoms with Gasteiger partial charge in [-0.2, -0.15) is 10.5 Å². The Hall–Kier alpha value is -1.68. The average molecular weight is 134 g/mol. The average Bonchev–Trinajstić information content (AvgIpc) is 2.43. The molecule has 0 spiro atoms. The highest BCUT2D eigenvalue weighted by molar-refractivity contribution is 5.09. The molecule has 4 heteroatoms. The van der Waals surface area contributed by atoms with Crippen LogP contribution in [0.5, 0.6) is 0 Å². The fourth-order valence-electron chi connectivity index (χ4n) is 0.722. The molecule has 0 aromatic heterocycles. The summed E-state index contributed by atoms with van der Waals surface area (Å²) in [5.74, 6) is -0.630. The monoisotopic (exact) mass is 134 g/mol. The van der Waals surface area contributed by atoms with Crippen LogP contribution in [0, 0.1) is 28.6 Å². The van der Waals surface area contributed by atoms with Gasteiger partial charge in [0, 0.05) is 12.4 Å². The van der Waals surface area contributed by atoms with Crippen LogP contribution >= 0.6 is 0 Å². The summed E-state index contributed by atoms with van der Waals surface area (Å²) in [4.78, 5) is 0. The van der Waals surface area contributed by atoms with Crippen LogP contribution in [0.1, 0.15) is 0 Å². The van der Waals surface area contributed by atoms with Gasteiger partial charge in [0.15, 0.2) is 5.92 Å². The van der Waals surface area contributed by atoms with E-state index in [4.69, 9.17) is 10.5 Å². The van der Waals surface area contributed by atoms with Crippen LogP contribution in [0.4, 0.5) is 0 Å². The Morgan fingerprint density at radius 2 is 1.70 bits per heavy atom. The molecule has 0 fully saturated rings. The third-order valence-electron chi connectivity index (χ3n) is 1.25. The quantitative estimate of drug-likeness (QED) is 0.513. The summed E-state index contributed by atoms with van der Waals surface area (Å²) in [5.41, 5.74) is 0. The summed E-state index contributed by atoms with van der Waals surface area (Å²) in [6.07, 6.45) is 3.11. The minimum atomic E-state index is -0.630. The van der Waals surface area contributed by atoms with Gasteiger partial charge >= 0.3 is 0 Å². The highest BCUT2D eigenvalue weighted by atomic mass is 15.2. The second kappa shape index (κ2) is 2.75. The molecule has 0 saturated carbocycles. The summed E-state index contributed by atoms with van der Waals surface area (Å²) in [7, 11) is 0. The lowest BCUT2D eigenvalue weighted by Crippen LogP contribution is -2.37. The first-order valence-electron chi connectivity index (χ1n) is 2.85. The van der Waals surface area contributed by atoms with Gasteiger partial charge in [-0.3, -0.25) is 0 Å². The number of nitrogens with zero attached hydrogens (tertiary/aromatic N) is 2. The molecule has 0 aromatic rings. The van der Waals surface area contributed by atoms with Crippen molar-refractivity contribution in [2.45, 2.75) is 6.17 Å². The van der Waals surface area contributed by atoms with Gasteiger partial charge in [-0.25, -0.2) is 0 Å². The molecular weight excluding hydrogens is 128 g/mol. The zero-order valence-corrected chi connectivity index (χ0v) is 5.20. The molecule has 0 bridgehead atoms. The predicted molar refractivity (Wildman–Crippen MR) is 33.9 cm³/mol. The Kier molecular flexibility index (Phi) is 1.77. The van der Waals surface area contributed by atoms with Crippen molar-refractivity contribution in [3.63, 3.8) is 0 Å². The maximum atomic E-state index is 8.41. The molecule has 1 aliphatic rings. The van der Waals surface area contributed by atoms with E-state index in [2.05, 4.69) is 10.6 Å². The molecule has 0 unspecified atom stereocenters. The Bertz CT molecular complexity index is 197. The zero-order chi connectivity index (χ0) is 7.40. The molecule has 1 heterocycles. The Morgan fingerprint density at radius 1 is 1.20 bits per heavy atom. The van der Waals surface area contributed by atoms with E-state index in [1.165, 1.54) is 0 Å². The van der Waals surface area contributed by atoms with Crippen molar-refractivity contribution in [2.24, 2.45) is 5.92 Å². The topological polar surface area (TPSA) is 71.6 Å². The summed E-state index contributed by atoms with van der Waals surface area (Å²) >= 11 is 0. The first-order valence-corrected chi connectivity index (χ1v) is 2.85. The predicted octanol–water partition coefficient (Wildman–Crippen LogP) is -0.360. The summed E-state index contributed by atoms with van der Waals surface area (Å²) in [5, 5.41) is 22.5. The normalized spacial score (nSPS) is 15.5. The smallest absolute Gasteiger partial charge is 0.171 e. The van der Waals surface area contributed by atoms with Crippen LogP contribution in [-0.4, -0.2) is 6.17 Å². The van der Waals surface area contributed by atoms with Crippen LogP contribution in [-0.2, 0) is 0 Å². The summed E-state index contributed by atoms with van der Waals surface area (Å²) < 4.78 is 0. The molecule has 0 radical (unpaired) electrons. The van der Waals surface area contributed by atoms with Crippen molar-refractivity contribution in [1.29, 1.82) is 10.5 Å². The number of nitriles is 2. The molecule has 10 heavy (non-hydrogen) atoms. The van der Waals surface area contributed by atoms with Crippen molar-refractivity contribution >= 4 is 0 Å². The van der Waals surface area contributed by atoms with Crippen LogP contribution in [0.15, 0.2) is 12.4 Å². The number of hydrogen-bond donors (Lipinski definition) is 2. The van der Waals surface area contributed by atoms with Crippen molar-refractivity contribution in [3.05, 3.63) is 12.4 Å². The van der Waals surface area contributed by atoms with Gasteiger partial charge in [0.05, 0.1) is 12.1 Å². The van der Waals surface area contributed by atoms with Crippen LogP contribution in [0.3, 0.4) is 0 Å². The van der Waals surface area contributed by atoms with Gasteiger partial charge in [-0.05, 0) is 0 Å². The maximum Gasteiger partial charge on any atom is 0.171 e. The van der Waals surface area contributed by atoms with Crippen LogP contribution in [0.25, 0.3) is 0 Å². The second-order valence-corrected chi connectivity index (χ2v) is 1.88. The van der Waals surface area contributed by atoms with Gasteiger partial charge in [0.2, 0.25) is 0 Å². The third-order valence-corrected chi connectivity index (χ3v) is 1.25. The number of hydrogen-bond acceptors (Lipinski definition) is 4.